The number of ether oxygens (including phenoxy) is 2. The third-order valence-electron chi connectivity index (χ3n) is 5.27. The van der Waals surface area contributed by atoms with Gasteiger partial charge in [-0.2, -0.15) is 10.1 Å². The lowest BCUT2D eigenvalue weighted by Gasteiger charge is -2.15. The molecule has 5 nitrogen and oxygen atoms in total. The summed E-state index contributed by atoms with van der Waals surface area (Å²) in [7, 11) is 1.42. The van der Waals surface area contributed by atoms with Gasteiger partial charge in [-0.25, -0.2) is 22.0 Å². The summed E-state index contributed by atoms with van der Waals surface area (Å²) >= 11 is 5.88. The van der Waals surface area contributed by atoms with Crippen LogP contribution in [0.1, 0.15) is 18.1 Å². The molecule has 0 fully saturated rings. The molecule has 1 aliphatic rings. The topological polar surface area (TPSA) is 51.1 Å². The summed E-state index contributed by atoms with van der Waals surface area (Å²) in [6.45, 7) is 1.59. The van der Waals surface area contributed by atoms with E-state index in [1.165, 1.54) is 20.1 Å². The standard InChI is InChI=1S/C25H16ClF5N2O3/c1-12-16(25(34)33(32-12)24-22(30)20(28)19(27)21(29)23(24)31)9-14-5-8-17(18(10-14)35-2)36-11-13-3-6-15(26)7-4-13/h3-10H,11H2,1-2H3/b16-9+. The first kappa shape index (κ1) is 25.2. The summed E-state index contributed by atoms with van der Waals surface area (Å²) in [4.78, 5) is 12.8. The third-order valence-corrected chi connectivity index (χ3v) is 5.52. The second-order valence-electron chi connectivity index (χ2n) is 7.60. The van der Waals surface area contributed by atoms with Gasteiger partial charge in [-0.1, -0.05) is 29.8 Å². The first-order chi connectivity index (χ1) is 17.1. The number of rotatable bonds is 6. The van der Waals surface area contributed by atoms with Crippen LogP contribution in [0, 0.1) is 29.1 Å². The molecule has 3 aromatic rings. The van der Waals surface area contributed by atoms with Gasteiger partial charge in [0.1, 0.15) is 12.3 Å². The molecule has 0 saturated heterocycles. The predicted octanol–water partition coefficient (Wildman–Crippen LogP) is 6.43. The molecule has 3 aromatic carbocycles. The Kier molecular flexibility index (Phi) is 6.98. The predicted molar refractivity (Wildman–Crippen MR) is 124 cm³/mol. The van der Waals surface area contributed by atoms with Crippen LogP contribution in [-0.4, -0.2) is 18.7 Å². The highest BCUT2D eigenvalue weighted by Gasteiger charge is 2.37. The van der Waals surface area contributed by atoms with Gasteiger partial charge < -0.3 is 9.47 Å². The SMILES string of the molecule is COc1cc(/C=C2/C(=O)N(c3c(F)c(F)c(F)c(F)c3F)N=C2C)ccc1OCc1ccc(Cl)cc1. The van der Waals surface area contributed by atoms with Gasteiger partial charge >= 0.3 is 0 Å². The van der Waals surface area contributed by atoms with Crippen LogP contribution in [0.25, 0.3) is 6.08 Å². The smallest absolute Gasteiger partial charge is 0.280 e. The van der Waals surface area contributed by atoms with Crippen molar-refractivity contribution >= 4 is 35.0 Å². The summed E-state index contributed by atoms with van der Waals surface area (Å²) in [5, 5.41) is 4.45. The molecular formula is C25H16ClF5N2O3. The molecule has 1 amide bonds. The van der Waals surface area contributed by atoms with Gasteiger partial charge in [0, 0.05) is 5.02 Å². The molecule has 1 aliphatic heterocycles. The van der Waals surface area contributed by atoms with E-state index in [2.05, 4.69) is 5.10 Å². The fourth-order valence-electron chi connectivity index (χ4n) is 3.42. The Morgan fingerprint density at radius 3 is 2.14 bits per heavy atom. The molecule has 0 bridgehead atoms. The molecular weight excluding hydrogens is 507 g/mol. The van der Waals surface area contributed by atoms with E-state index < -0.39 is 40.7 Å². The molecule has 0 aliphatic carbocycles. The van der Waals surface area contributed by atoms with E-state index in [0.29, 0.717) is 22.1 Å². The Morgan fingerprint density at radius 1 is 0.917 bits per heavy atom. The molecule has 0 saturated carbocycles. The number of carbonyl (C=O) groups is 1. The van der Waals surface area contributed by atoms with Crippen LogP contribution < -0.4 is 14.5 Å². The van der Waals surface area contributed by atoms with Gasteiger partial charge in [-0.05, 0) is 48.4 Å². The Bertz CT molecular complexity index is 1400. The zero-order chi connectivity index (χ0) is 26.1. The molecule has 186 valence electrons. The summed E-state index contributed by atoms with van der Waals surface area (Å²) in [5.74, 6) is -11.4. The van der Waals surface area contributed by atoms with Crippen molar-refractivity contribution in [1.82, 2.24) is 0 Å². The number of benzene rings is 3. The molecule has 0 atom stereocenters. The number of carbonyl (C=O) groups excluding carboxylic acids is 1. The summed E-state index contributed by atoms with van der Waals surface area (Å²) in [6.07, 6.45) is 1.35. The van der Waals surface area contributed by atoms with Crippen molar-refractivity contribution in [1.29, 1.82) is 0 Å². The van der Waals surface area contributed by atoms with Crippen LogP contribution in [0.5, 0.6) is 11.5 Å². The van der Waals surface area contributed by atoms with Gasteiger partial charge in [0.05, 0.1) is 18.4 Å². The zero-order valence-electron chi connectivity index (χ0n) is 18.7. The second-order valence-corrected chi connectivity index (χ2v) is 8.04. The highest BCUT2D eigenvalue weighted by atomic mass is 35.5. The summed E-state index contributed by atoms with van der Waals surface area (Å²) in [5.41, 5.74) is -0.267. The van der Waals surface area contributed by atoms with Crippen molar-refractivity contribution in [2.75, 3.05) is 12.1 Å². The molecule has 0 spiro atoms. The van der Waals surface area contributed by atoms with Crippen LogP contribution in [0.4, 0.5) is 27.6 Å². The molecule has 36 heavy (non-hydrogen) atoms. The Balaban J connectivity index is 1.61. The van der Waals surface area contributed by atoms with Crippen molar-refractivity contribution in [3.05, 3.63) is 93.3 Å². The average molecular weight is 523 g/mol. The first-order valence-corrected chi connectivity index (χ1v) is 10.7. The molecule has 1 heterocycles. The van der Waals surface area contributed by atoms with E-state index in [9.17, 15) is 26.7 Å². The number of methoxy groups -OCH3 is 1. The van der Waals surface area contributed by atoms with Crippen molar-refractivity contribution in [2.24, 2.45) is 5.10 Å². The zero-order valence-corrected chi connectivity index (χ0v) is 19.5. The fourth-order valence-corrected chi connectivity index (χ4v) is 3.54. The fraction of sp³-hybridized carbons (Fsp3) is 0.120. The minimum atomic E-state index is -2.33. The van der Waals surface area contributed by atoms with Crippen LogP contribution in [0.15, 0.2) is 53.1 Å². The lowest BCUT2D eigenvalue weighted by atomic mass is 10.1. The van der Waals surface area contributed by atoms with Gasteiger partial charge in [-0.3, -0.25) is 4.79 Å². The average Bonchev–Trinajstić information content (AvgIpc) is 3.14. The number of hydrogen-bond acceptors (Lipinski definition) is 4. The van der Waals surface area contributed by atoms with Crippen LogP contribution in [0.3, 0.4) is 0 Å². The molecule has 0 radical (unpaired) electrons. The van der Waals surface area contributed by atoms with E-state index in [0.717, 1.165) is 5.56 Å². The van der Waals surface area contributed by atoms with E-state index in [1.54, 1.807) is 42.5 Å². The molecule has 11 heteroatoms. The molecule has 4 rings (SSSR count). The van der Waals surface area contributed by atoms with Gasteiger partial charge in [0.2, 0.25) is 5.82 Å². The van der Waals surface area contributed by atoms with Gasteiger partial charge in [0.15, 0.2) is 34.8 Å². The van der Waals surface area contributed by atoms with E-state index in [-0.39, 0.29) is 22.9 Å². The number of hydrogen-bond donors (Lipinski definition) is 0. The highest BCUT2D eigenvalue weighted by Crippen LogP contribution is 2.35. The Labute approximate surface area is 207 Å². The summed E-state index contributed by atoms with van der Waals surface area (Å²) in [6, 6.07) is 11.8. The maximum Gasteiger partial charge on any atom is 0.280 e. The second kappa shape index (κ2) is 9.98. The maximum absolute atomic E-state index is 14.2. The first-order valence-electron chi connectivity index (χ1n) is 10.3. The number of anilines is 1. The lowest BCUT2D eigenvalue weighted by Crippen LogP contribution is -2.25. The lowest BCUT2D eigenvalue weighted by molar-refractivity contribution is -0.114. The molecule has 0 unspecified atom stereocenters. The van der Waals surface area contributed by atoms with E-state index in [1.807, 2.05) is 0 Å². The van der Waals surface area contributed by atoms with Crippen LogP contribution >= 0.6 is 11.6 Å². The van der Waals surface area contributed by atoms with E-state index in [4.69, 9.17) is 21.1 Å². The number of nitrogens with zero attached hydrogens (tertiary/aromatic N) is 2. The minimum absolute atomic E-state index is 0.00553. The Morgan fingerprint density at radius 2 is 1.53 bits per heavy atom. The van der Waals surface area contributed by atoms with Crippen molar-refractivity contribution in [3.8, 4) is 11.5 Å². The summed E-state index contributed by atoms with van der Waals surface area (Å²) < 4.78 is 80.3. The van der Waals surface area contributed by atoms with E-state index >= 15 is 0 Å². The van der Waals surface area contributed by atoms with Crippen molar-refractivity contribution in [3.63, 3.8) is 0 Å². The van der Waals surface area contributed by atoms with Crippen LogP contribution in [0.2, 0.25) is 5.02 Å². The quantitative estimate of drug-likeness (QED) is 0.162. The number of halogens is 6. The minimum Gasteiger partial charge on any atom is -0.493 e. The van der Waals surface area contributed by atoms with Gasteiger partial charge in [-0.15, -0.1) is 0 Å². The largest absolute Gasteiger partial charge is 0.493 e. The highest BCUT2D eigenvalue weighted by molar-refractivity contribution is 6.32. The number of hydrazone groups is 1. The maximum atomic E-state index is 14.2. The molecule has 0 N–H and O–H groups in total. The number of amides is 1. The Hall–Kier alpha value is -3.92. The van der Waals surface area contributed by atoms with Gasteiger partial charge in [0.25, 0.3) is 5.91 Å². The third kappa shape index (κ3) is 4.64. The van der Waals surface area contributed by atoms with Crippen LogP contribution in [-0.2, 0) is 11.4 Å². The normalized spacial score (nSPS) is 14.4. The van der Waals surface area contributed by atoms with Crippen molar-refractivity contribution < 1.29 is 36.2 Å². The molecule has 0 aromatic heterocycles. The van der Waals surface area contributed by atoms with Crippen molar-refractivity contribution in [2.45, 2.75) is 13.5 Å². The monoisotopic (exact) mass is 522 g/mol.